The molecule has 0 aromatic carbocycles. The van der Waals surface area contributed by atoms with Crippen molar-refractivity contribution in [3.63, 3.8) is 0 Å². The monoisotopic (exact) mass is 212 g/mol. The van der Waals surface area contributed by atoms with Crippen molar-refractivity contribution in [3.8, 4) is 0 Å². The average Bonchev–Trinajstić information content (AvgIpc) is 2.67. The molecule has 2 rings (SSSR count). The van der Waals surface area contributed by atoms with Crippen LogP contribution >= 0.6 is 11.5 Å². The van der Waals surface area contributed by atoms with E-state index in [9.17, 15) is 4.79 Å². The molecule has 1 aromatic heterocycles. The second-order valence-corrected chi connectivity index (χ2v) is 4.19. The molecule has 1 aliphatic heterocycles. The van der Waals surface area contributed by atoms with Crippen LogP contribution in [-0.2, 0) is 0 Å². The Morgan fingerprint density at radius 1 is 1.43 bits per heavy atom. The third-order valence-electron chi connectivity index (χ3n) is 2.44. The summed E-state index contributed by atoms with van der Waals surface area (Å²) >= 11 is 1.06. The van der Waals surface area contributed by atoms with Gasteiger partial charge in [-0.05, 0) is 30.8 Å². The molecule has 5 heteroatoms. The van der Waals surface area contributed by atoms with Crippen molar-refractivity contribution in [2.75, 3.05) is 18.0 Å². The van der Waals surface area contributed by atoms with E-state index in [0.717, 1.165) is 43.2 Å². The molecule has 1 aliphatic rings. The maximum absolute atomic E-state index is 10.9. The molecule has 1 fully saturated rings. The number of carboxylic acids is 1. The first-order valence-corrected chi connectivity index (χ1v) is 5.49. The summed E-state index contributed by atoms with van der Waals surface area (Å²) in [6.07, 6.45) is 5.21. The number of carboxylic acid groups (broad SMARTS) is 1. The van der Waals surface area contributed by atoms with Gasteiger partial charge in [-0.3, -0.25) is 0 Å². The van der Waals surface area contributed by atoms with Gasteiger partial charge < -0.3 is 10.0 Å². The summed E-state index contributed by atoms with van der Waals surface area (Å²) in [7, 11) is 0. The summed E-state index contributed by atoms with van der Waals surface area (Å²) in [5, 5.41) is 8.93. The van der Waals surface area contributed by atoms with E-state index in [4.69, 9.17) is 5.11 Å². The van der Waals surface area contributed by atoms with Gasteiger partial charge in [0.15, 0.2) is 4.88 Å². The number of rotatable bonds is 2. The Balaban J connectivity index is 2.21. The first-order valence-electron chi connectivity index (χ1n) is 4.72. The van der Waals surface area contributed by atoms with Crippen LogP contribution < -0.4 is 4.90 Å². The van der Waals surface area contributed by atoms with Crippen molar-refractivity contribution in [1.29, 1.82) is 0 Å². The van der Waals surface area contributed by atoms with Crippen molar-refractivity contribution in [2.45, 2.75) is 19.3 Å². The zero-order chi connectivity index (χ0) is 9.97. The number of piperidine rings is 1. The largest absolute Gasteiger partial charge is 0.477 e. The topological polar surface area (TPSA) is 53.4 Å². The fourth-order valence-corrected chi connectivity index (χ4v) is 2.35. The van der Waals surface area contributed by atoms with Gasteiger partial charge in [-0.1, -0.05) is 0 Å². The predicted molar refractivity (Wildman–Crippen MR) is 55.1 cm³/mol. The molecule has 2 heterocycles. The molecule has 14 heavy (non-hydrogen) atoms. The quantitative estimate of drug-likeness (QED) is 0.812. The number of nitrogens with zero attached hydrogens (tertiary/aromatic N) is 2. The van der Waals surface area contributed by atoms with E-state index in [1.165, 1.54) is 6.42 Å². The van der Waals surface area contributed by atoms with E-state index in [2.05, 4.69) is 9.27 Å². The zero-order valence-electron chi connectivity index (χ0n) is 7.77. The van der Waals surface area contributed by atoms with Crippen molar-refractivity contribution in [3.05, 3.63) is 11.1 Å². The molecular formula is C9H12N2O2S. The summed E-state index contributed by atoms with van der Waals surface area (Å²) in [5.41, 5.74) is 0.794. The van der Waals surface area contributed by atoms with Gasteiger partial charge in [-0.15, -0.1) is 0 Å². The normalized spacial score (nSPS) is 17.0. The van der Waals surface area contributed by atoms with Crippen LogP contribution in [0.1, 0.15) is 28.9 Å². The highest BCUT2D eigenvalue weighted by Gasteiger charge is 2.20. The molecule has 0 aliphatic carbocycles. The molecule has 0 unspecified atom stereocenters. The van der Waals surface area contributed by atoms with Gasteiger partial charge in [0.1, 0.15) is 0 Å². The van der Waals surface area contributed by atoms with Gasteiger partial charge >= 0.3 is 5.97 Å². The first-order chi connectivity index (χ1) is 6.79. The number of aromatic carboxylic acids is 1. The van der Waals surface area contributed by atoms with Crippen LogP contribution in [0.5, 0.6) is 0 Å². The fourth-order valence-electron chi connectivity index (χ4n) is 1.74. The first kappa shape index (κ1) is 9.45. The lowest BCUT2D eigenvalue weighted by atomic mass is 10.1. The number of hydrogen-bond acceptors (Lipinski definition) is 4. The van der Waals surface area contributed by atoms with E-state index in [1.54, 1.807) is 6.20 Å². The second-order valence-electron chi connectivity index (χ2n) is 3.39. The molecule has 0 radical (unpaired) electrons. The molecule has 4 nitrogen and oxygen atoms in total. The third-order valence-corrected chi connectivity index (χ3v) is 3.22. The van der Waals surface area contributed by atoms with Gasteiger partial charge in [-0.2, -0.15) is 4.37 Å². The van der Waals surface area contributed by atoms with Gasteiger partial charge in [0, 0.05) is 13.1 Å². The maximum atomic E-state index is 10.9. The van der Waals surface area contributed by atoms with E-state index in [0.29, 0.717) is 4.88 Å². The predicted octanol–water partition coefficient (Wildman–Crippen LogP) is 1.83. The van der Waals surface area contributed by atoms with Crippen LogP contribution in [0.4, 0.5) is 5.69 Å². The lowest BCUT2D eigenvalue weighted by Gasteiger charge is -2.27. The zero-order valence-corrected chi connectivity index (χ0v) is 8.59. The molecular weight excluding hydrogens is 200 g/mol. The standard InChI is InChI=1S/C9H12N2O2S/c12-9(13)8-7(6-10-14-8)11-4-2-1-3-5-11/h6H,1-5H2,(H,12,13). The molecule has 1 aromatic rings. The number of aromatic nitrogens is 1. The van der Waals surface area contributed by atoms with Crippen LogP contribution in [0.15, 0.2) is 6.20 Å². The van der Waals surface area contributed by atoms with Crippen LogP contribution in [0.2, 0.25) is 0 Å². The summed E-state index contributed by atoms with van der Waals surface area (Å²) < 4.78 is 3.94. The Labute approximate surface area is 86.3 Å². The molecule has 0 atom stereocenters. The van der Waals surface area contributed by atoms with Gasteiger partial charge in [0.2, 0.25) is 0 Å². The molecule has 0 amide bonds. The molecule has 76 valence electrons. The highest BCUT2D eigenvalue weighted by molar-refractivity contribution is 7.08. The Morgan fingerprint density at radius 2 is 2.14 bits per heavy atom. The average molecular weight is 212 g/mol. The highest BCUT2D eigenvalue weighted by atomic mass is 32.1. The summed E-state index contributed by atoms with van der Waals surface area (Å²) in [6.45, 7) is 1.91. The molecule has 1 N–H and O–H groups in total. The van der Waals surface area contributed by atoms with E-state index in [-0.39, 0.29) is 0 Å². The number of carbonyl (C=O) groups is 1. The summed E-state index contributed by atoms with van der Waals surface area (Å²) in [4.78, 5) is 13.4. The summed E-state index contributed by atoms with van der Waals surface area (Å²) in [6, 6.07) is 0. The van der Waals surface area contributed by atoms with Gasteiger partial charge in [0.05, 0.1) is 11.9 Å². The highest BCUT2D eigenvalue weighted by Crippen LogP contribution is 2.26. The minimum Gasteiger partial charge on any atom is -0.477 e. The maximum Gasteiger partial charge on any atom is 0.349 e. The number of anilines is 1. The molecule has 0 bridgehead atoms. The Bertz CT molecular complexity index is 331. The Kier molecular flexibility index (Phi) is 2.67. The minimum absolute atomic E-state index is 0.368. The van der Waals surface area contributed by atoms with Crippen LogP contribution in [0.3, 0.4) is 0 Å². The van der Waals surface area contributed by atoms with Crippen molar-refractivity contribution < 1.29 is 9.90 Å². The molecule has 1 saturated heterocycles. The second kappa shape index (κ2) is 3.96. The van der Waals surface area contributed by atoms with Crippen molar-refractivity contribution in [1.82, 2.24) is 4.37 Å². The fraction of sp³-hybridized carbons (Fsp3) is 0.556. The van der Waals surface area contributed by atoms with Crippen molar-refractivity contribution >= 4 is 23.2 Å². The van der Waals surface area contributed by atoms with E-state index < -0.39 is 5.97 Å². The lowest BCUT2D eigenvalue weighted by molar-refractivity contribution is 0.0702. The summed E-state index contributed by atoms with van der Waals surface area (Å²) in [5.74, 6) is -0.868. The van der Waals surface area contributed by atoms with Gasteiger partial charge in [0.25, 0.3) is 0 Å². The third kappa shape index (κ3) is 1.72. The van der Waals surface area contributed by atoms with Crippen LogP contribution in [-0.4, -0.2) is 28.5 Å². The van der Waals surface area contributed by atoms with E-state index >= 15 is 0 Å². The molecule has 0 spiro atoms. The minimum atomic E-state index is -0.868. The SMILES string of the molecule is O=C(O)c1sncc1N1CCCCC1. The Morgan fingerprint density at radius 3 is 2.79 bits per heavy atom. The van der Waals surface area contributed by atoms with Crippen LogP contribution in [0, 0.1) is 0 Å². The van der Waals surface area contributed by atoms with Crippen molar-refractivity contribution in [2.24, 2.45) is 0 Å². The lowest BCUT2D eigenvalue weighted by Crippen LogP contribution is -2.30. The van der Waals surface area contributed by atoms with Gasteiger partial charge in [-0.25, -0.2) is 4.79 Å². The Hall–Kier alpha value is -1.10. The number of hydrogen-bond donors (Lipinski definition) is 1. The smallest absolute Gasteiger partial charge is 0.349 e. The van der Waals surface area contributed by atoms with Crippen LogP contribution in [0.25, 0.3) is 0 Å². The van der Waals surface area contributed by atoms with E-state index in [1.807, 2.05) is 0 Å². The molecule has 0 saturated carbocycles.